The van der Waals surface area contributed by atoms with Crippen LogP contribution in [0.5, 0.6) is 0 Å². The van der Waals surface area contributed by atoms with Gasteiger partial charge in [-0.15, -0.1) is 10.2 Å². The Hall–Kier alpha value is -3.22. The van der Waals surface area contributed by atoms with Crippen LogP contribution in [0.25, 0.3) is 5.65 Å². The number of carbonyl (C=O) groups is 1. The van der Waals surface area contributed by atoms with E-state index < -0.39 is 0 Å². The predicted molar refractivity (Wildman–Crippen MR) is 89.9 cm³/mol. The number of oxime groups is 1. The molecule has 2 aromatic heterocycles. The average molecular weight is 323 g/mol. The van der Waals surface area contributed by atoms with E-state index in [0.29, 0.717) is 11.4 Å². The summed E-state index contributed by atoms with van der Waals surface area (Å²) in [6.07, 6.45) is 3.45. The molecule has 0 aliphatic carbocycles. The van der Waals surface area contributed by atoms with Crippen molar-refractivity contribution in [2.75, 3.05) is 7.11 Å². The van der Waals surface area contributed by atoms with Gasteiger partial charge in [0, 0.05) is 11.8 Å². The normalized spacial score (nSPS) is 12.4. The maximum absolute atomic E-state index is 12.4. The minimum absolute atomic E-state index is 0.176. The van der Waals surface area contributed by atoms with Crippen molar-refractivity contribution in [3.63, 3.8) is 0 Å². The molecule has 7 heteroatoms. The van der Waals surface area contributed by atoms with Crippen molar-refractivity contribution >= 4 is 17.8 Å². The van der Waals surface area contributed by atoms with E-state index in [4.69, 9.17) is 0 Å². The molecule has 0 aliphatic rings. The third-order valence-corrected chi connectivity index (χ3v) is 3.56. The van der Waals surface area contributed by atoms with Crippen LogP contribution in [-0.4, -0.2) is 33.8 Å². The van der Waals surface area contributed by atoms with Gasteiger partial charge in [0.05, 0.1) is 12.3 Å². The zero-order valence-electron chi connectivity index (χ0n) is 13.4. The summed E-state index contributed by atoms with van der Waals surface area (Å²) in [5.74, 6) is 0.508. The first kappa shape index (κ1) is 15.7. The monoisotopic (exact) mass is 323 g/mol. The Balaban J connectivity index is 1.73. The zero-order valence-corrected chi connectivity index (χ0v) is 13.4. The molecule has 0 spiro atoms. The van der Waals surface area contributed by atoms with Gasteiger partial charge in [0.15, 0.2) is 11.5 Å². The first-order valence-electron chi connectivity index (χ1n) is 7.46. The van der Waals surface area contributed by atoms with E-state index in [9.17, 15) is 4.79 Å². The first-order valence-corrected chi connectivity index (χ1v) is 7.46. The second kappa shape index (κ2) is 6.91. The molecule has 122 valence electrons. The maximum Gasteiger partial charge on any atom is 0.251 e. The van der Waals surface area contributed by atoms with E-state index >= 15 is 0 Å². The fraction of sp³-hybridized carbons (Fsp3) is 0.176. The fourth-order valence-corrected chi connectivity index (χ4v) is 2.33. The molecule has 0 saturated carbocycles. The smallest absolute Gasteiger partial charge is 0.251 e. The number of rotatable bonds is 5. The lowest BCUT2D eigenvalue weighted by Crippen LogP contribution is -2.28. The van der Waals surface area contributed by atoms with E-state index in [1.807, 2.05) is 35.7 Å². The van der Waals surface area contributed by atoms with Gasteiger partial charge in [0.2, 0.25) is 0 Å². The quantitative estimate of drug-likeness (QED) is 0.576. The number of benzene rings is 1. The van der Waals surface area contributed by atoms with Crippen molar-refractivity contribution in [3.05, 3.63) is 65.6 Å². The molecule has 0 fully saturated rings. The summed E-state index contributed by atoms with van der Waals surface area (Å²) in [5.41, 5.74) is 2.16. The van der Waals surface area contributed by atoms with Crippen molar-refractivity contribution < 1.29 is 9.63 Å². The highest BCUT2D eigenvalue weighted by Crippen LogP contribution is 2.13. The Morgan fingerprint density at radius 3 is 2.79 bits per heavy atom. The van der Waals surface area contributed by atoms with Crippen LogP contribution >= 0.6 is 0 Å². The standard InChI is InChI=1S/C17H17N5O2/c1-12(16-21-20-15-5-3-4-10-22(15)16)19-17(23)14-8-6-13(7-9-14)11-18-24-2/h3-12H,1-2H3,(H,19,23)/b18-11+. The highest BCUT2D eigenvalue weighted by Gasteiger charge is 2.16. The Labute approximate surface area is 139 Å². The van der Waals surface area contributed by atoms with Crippen LogP contribution in [-0.2, 0) is 4.84 Å². The van der Waals surface area contributed by atoms with Gasteiger partial charge >= 0.3 is 0 Å². The summed E-state index contributed by atoms with van der Waals surface area (Å²) in [5, 5.41) is 14.9. The van der Waals surface area contributed by atoms with Gasteiger partial charge in [-0.1, -0.05) is 23.4 Å². The van der Waals surface area contributed by atoms with Crippen molar-refractivity contribution in [2.45, 2.75) is 13.0 Å². The third kappa shape index (κ3) is 3.24. The topological polar surface area (TPSA) is 80.9 Å². The maximum atomic E-state index is 12.4. The molecule has 3 aromatic rings. The van der Waals surface area contributed by atoms with Gasteiger partial charge < -0.3 is 10.2 Å². The summed E-state index contributed by atoms with van der Waals surface area (Å²) in [6.45, 7) is 1.88. The molecule has 1 atom stereocenters. The number of nitrogens with zero attached hydrogens (tertiary/aromatic N) is 4. The number of pyridine rings is 1. The highest BCUT2D eigenvalue weighted by atomic mass is 16.6. The van der Waals surface area contributed by atoms with Crippen LogP contribution in [0.1, 0.15) is 34.7 Å². The SMILES string of the molecule is CO/N=C/c1ccc(C(=O)NC(C)c2nnc3ccccn23)cc1. The van der Waals surface area contributed by atoms with E-state index in [1.54, 1.807) is 30.5 Å². The number of nitrogens with one attached hydrogen (secondary N) is 1. The van der Waals surface area contributed by atoms with Crippen molar-refractivity contribution in [1.29, 1.82) is 0 Å². The molecule has 0 bridgehead atoms. The fourth-order valence-electron chi connectivity index (χ4n) is 2.33. The zero-order chi connectivity index (χ0) is 16.9. The van der Waals surface area contributed by atoms with Gasteiger partial charge in [-0.25, -0.2) is 0 Å². The number of aromatic nitrogens is 3. The number of fused-ring (bicyclic) bond motifs is 1. The van der Waals surface area contributed by atoms with Gasteiger partial charge in [0.25, 0.3) is 5.91 Å². The molecule has 1 amide bonds. The second-order valence-corrected chi connectivity index (χ2v) is 5.22. The Morgan fingerprint density at radius 2 is 2.04 bits per heavy atom. The van der Waals surface area contributed by atoms with Crippen LogP contribution in [0.3, 0.4) is 0 Å². The van der Waals surface area contributed by atoms with Crippen LogP contribution in [0.15, 0.2) is 53.8 Å². The van der Waals surface area contributed by atoms with Gasteiger partial charge in [-0.3, -0.25) is 9.20 Å². The number of amides is 1. The van der Waals surface area contributed by atoms with Crippen LogP contribution in [0.4, 0.5) is 0 Å². The Kier molecular flexibility index (Phi) is 4.51. The molecule has 0 radical (unpaired) electrons. The first-order chi connectivity index (χ1) is 11.7. The number of hydrogen-bond donors (Lipinski definition) is 1. The molecule has 7 nitrogen and oxygen atoms in total. The Bertz CT molecular complexity index is 870. The van der Waals surface area contributed by atoms with Gasteiger partial charge in [-0.05, 0) is 36.8 Å². The largest absolute Gasteiger partial charge is 0.399 e. The van der Waals surface area contributed by atoms with E-state index in [0.717, 1.165) is 11.2 Å². The molecule has 24 heavy (non-hydrogen) atoms. The van der Waals surface area contributed by atoms with Crippen LogP contribution in [0, 0.1) is 0 Å². The van der Waals surface area contributed by atoms with Crippen molar-refractivity contribution in [2.24, 2.45) is 5.16 Å². The third-order valence-electron chi connectivity index (χ3n) is 3.56. The summed E-state index contributed by atoms with van der Waals surface area (Å²) in [6, 6.07) is 12.5. The summed E-state index contributed by atoms with van der Waals surface area (Å²) in [4.78, 5) is 17.0. The van der Waals surface area contributed by atoms with E-state index in [2.05, 4.69) is 25.5 Å². The minimum atomic E-state index is -0.273. The average Bonchev–Trinajstić information content (AvgIpc) is 3.04. The molecular formula is C17H17N5O2. The highest BCUT2D eigenvalue weighted by molar-refractivity contribution is 5.95. The van der Waals surface area contributed by atoms with Gasteiger partial charge in [0.1, 0.15) is 7.11 Å². The molecular weight excluding hydrogens is 306 g/mol. The lowest BCUT2D eigenvalue weighted by molar-refractivity contribution is 0.0938. The molecule has 1 N–H and O–H groups in total. The lowest BCUT2D eigenvalue weighted by Gasteiger charge is -2.12. The molecule has 3 rings (SSSR count). The summed E-state index contributed by atoms with van der Waals surface area (Å²) in [7, 11) is 1.48. The predicted octanol–water partition coefficient (Wildman–Crippen LogP) is 2.20. The van der Waals surface area contributed by atoms with Crippen LogP contribution in [0.2, 0.25) is 0 Å². The van der Waals surface area contributed by atoms with E-state index in [1.165, 1.54) is 7.11 Å². The molecule has 0 saturated heterocycles. The summed E-state index contributed by atoms with van der Waals surface area (Å²) >= 11 is 0. The molecule has 1 unspecified atom stereocenters. The van der Waals surface area contributed by atoms with E-state index in [-0.39, 0.29) is 11.9 Å². The molecule has 0 aliphatic heterocycles. The lowest BCUT2D eigenvalue weighted by atomic mass is 10.1. The van der Waals surface area contributed by atoms with Crippen LogP contribution < -0.4 is 5.32 Å². The minimum Gasteiger partial charge on any atom is -0.399 e. The van der Waals surface area contributed by atoms with Crippen molar-refractivity contribution in [1.82, 2.24) is 19.9 Å². The second-order valence-electron chi connectivity index (χ2n) is 5.22. The summed E-state index contributed by atoms with van der Waals surface area (Å²) < 4.78 is 1.86. The molecule has 1 aromatic carbocycles. The number of hydrogen-bond acceptors (Lipinski definition) is 5. The van der Waals surface area contributed by atoms with Crippen molar-refractivity contribution in [3.8, 4) is 0 Å². The molecule has 2 heterocycles. The Morgan fingerprint density at radius 1 is 1.25 bits per heavy atom. The number of carbonyl (C=O) groups excluding carboxylic acids is 1. The van der Waals surface area contributed by atoms with Gasteiger partial charge in [-0.2, -0.15) is 0 Å².